The maximum atomic E-state index is 12.1. The van der Waals surface area contributed by atoms with Crippen molar-refractivity contribution in [1.82, 2.24) is 4.90 Å². The van der Waals surface area contributed by atoms with Gasteiger partial charge in [-0.2, -0.15) is 0 Å². The lowest BCUT2D eigenvalue weighted by molar-refractivity contribution is -0.152. The highest BCUT2D eigenvalue weighted by atomic mass is 16.5. The van der Waals surface area contributed by atoms with Crippen molar-refractivity contribution < 1.29 is 9.53 Å². The van der Waals surface area contributed by atoms with E-state index < -0.39 is 0 Å². The van der Waals surface area contributed by atoms with Crippen LogP contribution in [-0.2, 0) is 16.1 Å². The van der Waals surface area contributed by atoms with Gasteiger partial charge in [0.25, 0.3) is 0 Å². The van der Waals surface area contributed by atoms with E-state index in [1.54, 1.807) is 0 Å². The number of nitrogens with zero attached hydrogens (tertiary/aromatic N) is 1. The highest BCUT2D eigenvalue weighted by Crippen LogP contribution is 2.38. The largest absolute Gasteiger partial charge is 0.466 e. The van der Waals surface area contributed by atoms with Crippen LogP contribution in [0.1, 0.15) is 44.6 Å². The van der Waals surface area contributed by atoms with E-state index in [1.807, 2.05) is 6.92 Å². The number of hydrogen-bond donors (Lipinski definition) is 0. The van der Waals surface area contributed by atoms with Crippen molar-refractivity contribution >= 4 is 5.97 Å². The van der Waals surface area contributed by atoms with Gasteiger partial charge in [-0.15, -0.1) is 0 Å². The van der Waals surface area contributed by atoms with E-state index in [0.717, 1.165) is 19.4 Å². The van der Waals surface area contributed by atoms with E-state index >= 15 is 0 Å². The third-order valence-electron chi connectivity index (χ3n) is 4.95. The molecule has 0 amide bonds. The molecule has 1 aromatic rings. The summed E-state index contributed by atoms with van der Waals surface area (Å²) in [5.74, 6) is 0.140. The van der Waals surface area contributed by atoms with Crippen LogP contribution in [0.5, 0.6) is 0 Å². The third kappa shape index (κ3) is 3.29. The number of hydrogen-bond acceptors (Lipinski definition) is 3. The zero-order valence-corrected chi connectivity index (χ0v) is 12.8. The Morgan fingerprint density at radius 2 is 1.86 bits per heavy atom. The number of fused-ring (bicyclic) bond motifs is 2. The molecule has 3 rings (SSSR count). The van der Waals surface area contributed by atoms with Crippen molar-refractivity contribution in [3.8, 4) is 0 Å². The van der Waals surface area contributed by atoms with Gasteiger partial charge in [0.2, 0.25) is 0 Å². The second kappa shape index (κ2) is 6.61. The lowest BCUT2D eigenvalue weighted by Gasteiger charge is -2.48. The summed E-state index contributed by atoms with van der Waals surface area (Å²) >= 11 is 0. The normalized spacial score (nSPS) is 29.1. The lowest BCUT2D eigenvalue weighted by atomic mass is 9.78. The number of benzene rings is 1. The standard InChI is InChI=1S/C18H25NO2/c1-2-21-18(20)15-11-16-9-6-10-17(12-15)19(16)13-14-7-4-3-5-8-14/h3-5,7-8,15-17H,2,6,9-13H2,1H3. The second-order valence-corrected chi connectivity index (χ2v) is 6.32. The average Bonchev–Trinajstić information content (AvgIpc) is 2.48. The molecule has 0 saturated carbocycles. The summed E-state index contributed by atoms with van der Waals surface area (Å²) in [6.07, 6.45) is 5.69. The number of ether oxygens (including phenoxy) is 1. The van der Waals surface area contributed by atoms with Crippen LogP contribution < -0.4 is 0 Å². The average molecular weight is 287 g/mol. The fraction of sp³-hybridized carbons (Fsp3) is 0.611. The molecule has 0 aromatic heterocycles. The Hall–Kier alpha value is -1.35. The zero-order valence-electron chi connectivity index (χ0n) is 12.8. The SMILES string of the molecule is CCOC(=O)C1CC2CCCC(C1)N2Cc1ccccc1. The molecule has 0 radical (unpaired) electrons. The number of rotatable bonds is 4. The first kappa shape index (κ1) is 14.6. The van der Waals surface area contributed by atoms with Crippen molar-refractivity contribution in [2.75, 3.05) is 6.61 Å². The van der Waals surface area contributed by atoms with Crippen LogP contribution in [0.2, 0.25) is 0 Å². The third-order valence-corrected chi connectivity index (χ3v) is 4.95. The maximum Gasteiger partial charge on any atom is 0.309 e. The molecular formula is C18H25NO2. The van der Waals surface area contributed by atoms with Crippen LogP contribution in [0, 0.1) is 5.92 Å². The minimum Gasteiger partial charge on any atom is -0.466 e. The van der Waals surface area contributed by atoms with Crippen LogP contribution >= 0.6 is 0 Å². The number of carbonyl (C=O) groups is 1. The maximum absolute atomic E-state index is 12.1. The van der Waals surface area contributed by atoms with Gasteiger partial charge in [0.15, 0.2) is 0 Å². The first-order valence-electron chi connectivity index (χ1n) is 8.24. The van der Waals surface area contributed by atoms with Crippen molar-refractivity contribution in [2.24, 2.45) is 5.92 Å². The second-order valence-electron chi connectivity index (χ2n) is 6.32. The molecule has 2 fully saturated rings. The van der Waals surface area contributed by atoms with Gasteiger partial charge >= 0.3 is 5.97 Å². The summed E-state index contributed by atoms with van der Waals surface area (Å²) < 4.78 is 5.24. The Morgan fingerprint density at radius 1 is 1.19 bits per heavy atom. The molecule has 0 N–H and O–H groups in total. The minimum atomic E-state index is 0.0220. The number of carbonyl (C=O) groups excluding carboxylic acids is 1. The summed E-state index contributed by atoms with van der Waals surface area (Å²) in [4.78, 5) is 14.7. The van der Waals surface area contributed by atoms with Crippen LogP contribution in [0.15, 0.2) is 30.3 Å². The van der Waals surface area contributed by atoms with Crippen molar-refractivity contribution in [1.29, 1.82) is 0 Å². The molecule has 2 bridgehead atoms. The lowest BCUT2D eigenvalue weighted by Crippen LogP contribution is -2.52. The summed E-state index contributed by atoms with van der Waals surface area (Å²) in [5, 5.41) is 0. The molecule has 2 aliphatic heterocycles. The van der Waals surface area contributed by atoms with Gasteiger partial charge in [-0.3, -0.25) is 9.69 Å². The molecule has 0 aliphatic carbocycles. The van der Waals surface area contributed by atoms with Crippen LogP contribution in [0.25, 0.3) is 0 Å². The monoisotopic (exact) mass is 287 g/mol. The molecule has 21 heavy (non-hydrogen) atoms. The van der Waals surface area contributed by atoms with Gasteiger partial charge in [0, 0.05) is 18.6 Å². The molecule has 2 aliphatic rings. The molecule has 2 heterocycles. The molecule has 1 aromatic carbocycles. The van der Waals surface area contributed by atoms with E-state index in [9.17, 15) is 4.79 Å². The van der Waals surface area contributed by atoms with E-state index in [2.05, 4.69) is 35.2 Å². The molecule has 2 unspecified atom stereocenters. The topological polar surface area (TPSA) is 29.5 Å². The van der Waals surface area contributed by atoms with E-state index in [1.165, 1.54) is 24.8 Å². The molecular weight excluding hydrogens is 262 g/mol. The van der Waals surface area contributed by atoms with Crippen molar-refractivity contribution in [3.63, 3.8) is 0 Å². The molecule has 114 valence electrons. The Morgan fingerprint density at radius 3 is 2.48 bits per heavy atom. The van der Waals surface area contributed by atoms with E-state index in [-0.39, 0.29) is 11.9 Å². The van der Waals surface area contributed by atoms with Gasteiger partial charge in [-0.05, 0) is 38.2 Å². The number of esters is 1. The fourth-order valence-corrected chi connectivity index (χ4v) is 3.98. The van der Waals surface area contributed by atoms with E-state index in [0.29, 0.717) is 18.7 Å². The predicted octanol–water partition coefficient (Wildman–Crippen LogP) is 3.38. The summed E-state index contributed by atoms with van der Waals surface area (Å²) in [7, 11) is 0. The Labute approximate surface area is 127 Å². The molecule has 0 spiro atoms. The minimum absolute atomic E-state index is 0.0220. The summed E-state index contributed by atoms with van der Waals surface area (Å²) in [6.45, 7) is 3.41. The quantitative estimate of drug-likeness (QED) is 0.795. The van der Waals surface area contributed by atoms with Crippen molar-refractivity contribution in [2.45, 2.75) is 57.7 Å². The van der Waals surface area contributed by atoms with Gasteiger partial charge in [-0.25, -0.2) is 0 Å². The first-order chi connectivity index (χ1) is 10.3. The highest BCUT2D eigenvalue weighted by molar-refractivity contribution is 5.72. The highest BCUT2D eigenvalue weighted by Gasteiger charge is 2.40. The summed E-state index contributed by atoms with van der Waals surface area (Å²) in [6, 6.07) is 11.8. The van der Waals surface area contributed by atoms with Crippen LogP contribution in [0.4, 0.5) is 0 Å². The molecule has 2 atom stereocenters. The smallest absolute Gasteiger partial charge is 0.309 e. The first-order valence-corrected chi connectivity index (χ1v) is 8.24. The fourth-order valence-electron chi connectivity index (χ4n) is 3.98. The predicted molar refractivity (Wildman–Crippen MR) is 82.8 cm³/mol. The van der Waals surface area contributed by atoms with Crippen LogP contribution in [-0.4, -0.2) is 29.6 Å². The molecule has 3 nitrogen and oxygen atoms in total. The summed E-state index contributed by atoms with van der Waals surface area (Å²) in [5.41, 5.74) is 1.38. The molecule has 3 heteroatoms. The number of piperidine rings is 2. The zero-order chi connectivity index (χ0) is 14.7. The Balaban J connectivity index is 1.69. The van der Waals surface area contributed by atoms with Gasteiger partial charge in [0.05, 0.1) is 12.5 Å². The van der Waals surface area contributed by atoms with Gasteiger partial charge in [-0.1, -0.05) is 36.8 Å². The van der Waals surface area contributed by atoms with Gasteiger partial charge < -0.3 is 4.74 Å². The Kier molecular flexibility index (Phi) is 4.59. The van der Waals surface area contributed by atoms with Crippen LogP contribution in [0.3, 0.4) is 0 Å². The van der Waals surface area contributed by atoms with Gasteiger partial charge in [0.1, 0.15) is 0 Å². The Bertz CT molecular complexity index is 459. The molecule has 2 saturated heterocycles. The van der Waals surface area contributed by atoms with Crippen molar-refractivity contribution in [3.05, 3.63) is 35.9 Å². The van der Waals surface area contributed by atoms with E-state index in [4.69, 9.17) is 4.74 Å².